The van der Waals surface area contributed by atoms with Crippen molar-refractivity contribution in [2.45, 2.75) is 116 Å². The summed E-state index contributed by atoms with van der Waals surface area (Å²) in [6.07, 6.45) is 3.44. The van der Waals surface area contributed by atoms with E-state index in [4.69, 9.17) is 10.5 Å². The summed E-state index contributed by atoms with van der Waals surface area (Å²) in [6, 6.07) is -1.20. The lowest BCUT2D eigenvalue weighted by Crippen LogP contribution is -2.55. The summed E-state index contributed by atoms with van der Waals surface area (Å²) >= 11 is 1.56. The molecule has 264 valence electrons. The summed E-state index contributed by atoms with van der Waals surface area (Å²) in [6.45, 7) is 12.0. The molecule has 0 saturated carbocycles. The number of ether oxygens (including phenoxy) is 1. The molecule has 0 aromatic heterocycles. The molecule has 0 aromatic rings. The number of rotatable bonds is 22. The second-order valence-corrected chi connectivity index (χ2v) is 14.5. The molecule has 1 rings (SSSR count). The molecule has 5 unspecified atom stereocenters. The standard InChI is InChI=1S/C33H59N5O7S/c1-10-23(6)31(24(45-9)18-26(34)39)37(8)29(42)20-35-32(43)30(22(4)5)36(7)27(40)14-12-11-13-16-38-28(41)19-25(33(38)44)46-17-15-21(2)3/h21-25,30-31H,10-20H2,1-9H3,(H2,34,39)(H,35,43). The van der Waals surface area contributed by atoms with Crippen LogP contribution in [0.2, 0.25) is 0 Å². The van der Waals surface area contributed by atoms with E-state index in [2.05, 4.69) is 19.2 Å². The zero-order valence-corrected chi connectivity index (χ0v) is 30.3. The molecule has 5 atom stereocenters. The van der Waals surface area contributed by atoms with Crippen LogP contribution in [0, 0.1) is 17.8 Å². The number of likely N-dealkylation sites (N-methyl/N-ethyl adjacent to an activating group) is 2. The zero-order chi connectivity index (χ0) is 35.1. The van der Waals surface area contributed by atoms with Crippen molar-refractivity contribution in [2.75, 3.05) is 40.0 Å². The highest BCUT2D eigenvalue weighted by Gasteiger charge is 2.38. The van der Waals surface area contributed by atoms with Crippen molar-refractivity contribution in [1.29, 1.82) is 0 Å². The van der Waals surface area contributed by atoms with E-state index in [9.17, 15) is 28.8 Å². The van der Waals surface area contributed by atoms with Crippen LogP contribution >= 0.6 is 11.8 Å². The van der Waals surface area contributed by atoms with E-state index in [1.807, 2.05) is 27.7 Å². The quantitative estimate of drug-likeness (QED) is 0.132. The highest BCUT2D eigenvalue weighted by Crippen LogP contribution is 2.27. The number of primary amides is 1. The second-order valence-electron chi connectivity index (χ2n) is 13.2. The summed E-state index contributed by atoms with van der Waals surface area (Å²) in [5.41, 5.74) is 5.40. The molecule has 0 aliphatic carbocycles. The van der Waals surface area contributed by atoms with Gasteiger partial charge in [0.05, 0.1) is 30.4 Å². The highest BCUT2D eigenvalue weighted by molar-refractivity contribution is 8.00. The molecule has 1 aliphatic heterocycles. The van der Waals surface area contributed by atoms with Gasteiger partial charge in [-0.3, -0.25) is 33.7 Å². The van der Waals surface area contributed by atoms with Gasteiger partial charge in [0.15, 0.2) is 0 Å². The topological polar surface area (TPSA) is 159 Å². The molecule has 6 amide bonds. The second kappa shape index (κ2) is 20.5. The van der Waals surface area contributed by atoms with Crippen LogP contribution in [-0.4, -0.2) is 114 Å². The number of hydrogen-bond donors (Lipinski definition) is 2. The number of hydrogen-bond acceptors (Lipinski definition) is 8. The number of likely N-dealkylation sites (tertiary alicyclic amines) is 1. The van der Waals surface area contributed by atoms with Gasteiger partial charge in [-0.25, -0.2) is 0 Å². The number of nitrogens with one attached hydrogen (secondary N) is 1. The summed E-state index contributed by atoms with van der Waals surface area (Å²) in [7, 11) is 4.68. The van der Waals surface area contributed by atoms with Crippen LogP contribution in [0.3, 0.4) is 0 Å². The zero-order valence-electron chi connectivity index (χ0n) is 29.5. The third kappa shape index (κ3) is 12.8. The maximum Gasteiger partial charge on any atom is 0.243 e. The Labute approximate surface area is 280 Å². The molecule has 0 spiro atoms. The molecule has 0 aromatic carbocycles. The van der Waals surface area contributed by atoms with Gasteiger partial charge in [0.2, 0.25) is 35.4 Å². The molecular weight excluding hydrogens is 610 g/mol. The largest absolute Gasteiger partial charge is 0.379 e. The number of thioether (sulfide) groups is 1. The first-order valence-electron chi connectivity index (χ1n) is 16.6. The fourth-order valence-corrected chi connectivity index (χ4v) is 7.21. The van der Waals surface area contributed by atoms with Crippen LogP contribution in [0.15, 0.2) is 0 Å². The third-order valence-corrected chi connectivity index (χ3v) is 10.0. The lowest BCUT2D eigenvalue weighted by Gasteiger charge is -2.37. The Morgan fingerprint density at radius 2 is 1.67 bits per heavy atom. The van der Waals surface area contributed by atoms with Crippen LogP contribution in [-0.2, 0) is 33.5 Å². The van der Waals surface area contributed by atoms with Crippen molar-refractivity contribution in [3.63, 3.8) is 0 Å². The molecule has 1 aliphatic rings. The number of nitrogens with two attached hydrogens (primary N) is 1. The predicted octanol–water partition coefficient (Wildman–Crippen LogP) is 2.82. The number of unbranched alkanes of at least 4 members (excludes halogenated alkanes) is 2. The van der Waals surface area contributed by atoms with Crippen molar-refractivity contribution in [2.24, 2.45) is 23.5 Å². The first-order valence-corrected chi connectivity index (χ1v) is 17.7. The van der Waals surface area contributed by atoms with Gasteiger partial charge in [-0.05, 0) is 42.8 Å². The van der Waals surface area contributed by atoms with E-state index >= 15 is 0 Å². The molecule has 46 heavy (non-hydrogen) atoms. The number of methoxy groups -OCH3 is 1. The molecule has 1 fully saturated rings. The maximum absolute atomic E-state index is 13.2. The molecule has 1 saturated heterocycles. The molecule has 0 radical (unpaired) electrons. The van der Waals surface area contributed by atoms with Gasteiger partial charge in [-0.1, -0.05) is 54.4 Å². The Bertz CT molecular complexity index is 1040. The Morgan fingerprint density at radius 1 is 1.02 bits per heavy atom. The number of imide groups is 1. The Balaban J connectivity index is 2.64. The molecule has 1 heterocycles. The summed E-state index contributed by atoms with van der Waals surface area (Å²) < 4.78 is 5.52. The van der Waals surface area contributed by atoms with E-state index < -0.39 is 30.0 Å². The van der Waals surface area contributed by atoms with Gasteiger partial charge in [0.25, 0.3) is 0 Å². The monoisotopic (exact) mass is 669 g/mol. The lowest BCUT2D eigenvalue weighted by atomic mass is 9.91. The van der Waals surface area contributed by atoms with E-state index in [1.165, 1.54) is 21.8 Å². The average molecular weight is 670 g/mol. The van der Waals surface area contributed by atoms with Gasteiger partial charge in [0, 0.05) is 40.6 Å². The minimum Gasteiger partial charge on any atom is -0.379 e. The fraction of sp³-hybridized carbons (Fsp3) is 0.818. The molecular formula is C33H59N5O7S. The van der Waals surface area contributed by atoms with Gasteiger partial charge in [-0.2, -0.15) is 0 Å². The van der Waals surface area contributed by atoms with Crippen LogP contribution in [0.5, 0.6) is 0 Å². The van der Waals surface area contributed by atoms with E-state index in [-0.39, 0.29) is 66.5 Å². The van der Waals surface area contributed by atoms with E-state index in [0.29, 0.717) is 31.7 Å². The number of carbonyl (C=O) groups is 6. The lowest BCUT2D eigenvalue weighted by molar-refractivity contribution is -0.143. The van der Waals surface area contributed by atoms with Gasteiger partial charge >= 0.3 is 0 Å². The minimum atomic E-state index is -0.775. The van der Waals surface area contributed by atoms with Crippen LogP contribution in [0.25, 0.3) is 0 Å². The van der Waals surface area contributed by atoms with Crippen LogP contribution in [0.4, 0.5) is 0 Å². The minimum absolute atomic E-state index is 0.00734. The molecule has 12 nitrogen and oxygen atoms in total. The fourth-order valence-electron chi connectivity index (χ4n) is 5.78. The Kier molecular flexibility index (Phi) is 18.5. The summed E-state index contributed by atoms with van der Waals surface area (Å²) in [5.74, 6) is -0.525. The van der Waals surface area contributed by atoms with Crippen LogP contribution < -0.4 is 11.1 Å². The van der Waals surface area contributed by atoms with Gasteiger partial charge < -0.3 is 25.6 Å². The average Bonchev–Trinajstić information content (AvgIpc) is 3.25. The SMILES string of the molecule is CCC(C)C(C(CC(N)=O)OC)N(C)C(=O)CNC(=O)C(C(C)C)N(C)C(=O)CCCCCN1C(=O)CC(SCCC(C)C)C1=O. The van der Waals surface area contributed by atoms with E-state index in [0.717, 1.165) is 18.6 Å². The number of amides is 6. The molecule has 0 bridgehead atoms. The van der Waals surface area contributed by atoms with Crippen molar-refractivity contribution < 1.29 is 33.5 Å². The van der Waals surface area contributed by atoms with Crippen LogP contribution in [0.1, 0.15) is 92.9 Å². The summed E-state index contributed by atoms with van der Waals surface area (Å²) in [4.78, 5) is 80.4. The first-order chi connectivity index (χ1) is 21.6. The molecule has 13 heteroatoms. The smallest absolute Gasteiger partial charge is 0.243 e. The normalized spacial score (nSPS) is 17.6. The van der Waals surface area contributed by atoms with Crippen molar-refractivity contribution >= 4 is 47.2 Å². The number of carbonyl (C=O) groups excluding carboxylic acids is 6. The van der Waals surface area contributed by atoms with E-state index in [1.54, 1.807) is 25.9 Å². The number of nitrogens with zero attached hydrogens (tertiary/aromatic N) is 3. The van der Waals surface area contributed by atoms with Gasteiger partial charge in [0.1, 0.15) is 6.04 Å². The Hall–Kier alpha value is -2.67. The maximum atomic E-state index is 13.2. The molecule has 3 N–H and O–H groups in total. The Morgan fingerprint density at radius 3 is 2.22 bits per heavy atom. The third-order valence-electron chi connectivity index (χ3n) is 8.77. The van der Waals surface area contributed by atoms with Crippen molar-refractivity contribution in [3.05, 3.63) is 0 Å². The van der Waals surface area contributed by atoms with Crippen molar-refractivity contribution in [3.8, 4) is 0 Å². The summed E-state index contributed by atoms with van der Waals surface area (Å²) in [5, 5.41) is 2.41. The van der Waals surface area contributed by atoms with Crippen molar-refractivity contribution in [1.82, 2.24) is 20.0 Å². The highest BCUT2D eigenvalue weighted by atomic mass is 32.2. The van der Waals surface area contributed by atoms with Gasteiger partial charge in [-0.15, -0.1) is 11.8 Å². The first kappa shape index (κ1) is 41.4. The predicted molar refractivity (Wildman–Crippen MR) is 181 cm³/mol.